The summed E-state index contributed by atoms with van der Waals surface area (Å²) in [6, 6.07) is 86.5. The average molecular weight is 813 g/mol. The van der Waals surface area contributed by atoms with Crippen molar-refractivity contribution in [3.8, 4) is 51.0 Å². The molecule has 11 aromatic rings. The number of hydrogen-bond acceptors (Lipinski definition) is 3. The van der Waals surface area contributed by atoms with Crippen molar-refractivity contribution in [2.75, 3.05) is 0 Å². The number of para-hydroxylation sites is 2. The van der Waals surface area contributed by atoms with Crippen LogP contribution < -0.4 is 0 Å². The molecule has 11 rings (SSSR count). The van der Waals surface area contributed by atoms with Gasteiger partial charge in [0, 0.05) is 52.7 Å². The molecule has 0 radical (unpaired) electrons. The van der Waals surface area contributed by atoms with Gasteiger partial charge in [0.15, 0.2) is 17.5 Å². The fourth-order valence-electron chi connectivity index (χ4n) is 8.69. The molecule has 0 N–H and O–H groups in total. The van der Waals surface area contributed by atoms with Crippen LogP contribution in [0.2, 0.25) is 0 Å². The van der Waals surface area contributed by atoms with E-state index >= 15 is 0 Å². The van der Waals surface area contributed by atoms with Crippen LogP contribution in [0.15, 0.2) is 262 Å². The SMILES string of the molecule is c1ccc(-c2nc(-c3ccc(-n4c5ccccc5c5ccccc54)cc3)nc(-c3cccc(-c4ccc(S(c5ccccc5)(c5ccccc5)c5ccccc5)cc4)c3)n2)cc1. The number of hydrogen-bond donors (Lipinski definition) is 0. The van der Waals surface area contributed by atoms with Gasteiger partial charge in [-0.25, -0.2) is 15.0 Å². The minimum atomic E-state index is -1.79. The minimum absolute atomic E-state index is 0.624. The maximum Gasteiger partial charge on any atom is 0.164 e. The van der Waals surface area contributed by atoms with E-state index < -0.39 is 10.0 Å². The lowest BCUT2D eigenvalue weighted by Gasteiger charge is -2.42. The zero-order chi connectivity index (χ0) is 41.3. The summed E-state index contributed by atoms with van der Waals surface area (Å²) in [4.78, 5) is 20.5. The predicted octanol–water partition coefficient (Wildman–Crippen LogP) is 15.0. The quantitative estimate of drug-likeness (QED) is 0.146. The second kappa shape index (κ2) is 16.0. The van der Waals surface area contributed by atoms with Gasteiger partial charge in [-0.15, -0.1) is 10.0 Å². The largest absolute Gasteiger partial charge is 0.309 e. The summed E-state index contributed by atoms with van der Waals surface area (Å²) < 4.78 is 2.33. The number of rotatable bonds is 9. The lowest BCUT2D eigenvalue weighted by molar-refractivity contribution is 1.07. The molecule has 0 fully saturated rings. The first-order chi connectivity index (χ1) is 30.7. The van der Waals surface area contributed by atoms with Gasteiger partial charge in [0.25, 0.3) is 0 Å². The Bertz CT molecular complexity index is 3160. The Labute approximate surface area is 362 Å². The molecule has 9 aromatic carbocycles. The molecule has 62 heavy (non-hydrogen) atoms. The van der Waals surface area contributed by atoms with Crippen LogP contribution in [-0.4, -0.2) is 19.5 Å². The van der Waals surface area contributed by atoms with Crippen LogP contribution in [0, 0.1) is 0 Å². The number of aromatic nitrogens is 4. The first-order valence-corrected chi connectivity index (χ1v) is 22.5. The predicted molar refractivity (Wildman–Crippen MR) is 256 cm³/mol. The molecule has 0 aliphatic carbocycles. The van der Waals surface area contributed by atoms with E-state index in [2.05, 4.69) is 229 Å². The van der Waals surface area contributed by atoms with Gasteiger partial charge in [-0.3, -0.25) is 0 Å². The summed E-state index contributed by atoms with van der Waals surface area (Å²) >= 11 is 0. The Morgan fingerprint density at radius 2 is 0.645 bits per heavy atom. The standard InChI is InChI=1S/C57H40N4S/c1-5-18-42(19-6-1)55-58-56(43-32-36-46(37-33-43)61-53-30-15-13-28-51(53)52-29-14-16-31-54(52)61)60-57(59-55)45-21-17-20-44(40-45)41-34-38-50(39-35-41)62(47-22-7-2-8-23-47,48-24-9-3-10-25-48)49-26-11-4-12-27-49/h1-40H. The van der Waals surface area contributed by atoms with Crippen LogP contribution in [0.5, 0.6) is 0 Å². The summed E-state index contributed by atoms with van der Waals surface area (Å²) in [6.45, 7) is 0. The fraction of sp³-hybridized carbons (Fsp3) is 0. The van der Waals surface area contributed by atoms with Crippen molar-refractivity contribution >= 4 is 31.8 Å². The van der Waals surface area contributed by atoms with Gasteiger partial charge in [-0.1, -0.05) is 152 Å². The Morgan fingerprint density at radius 1 is 0.274 bits per heavy atom. The lowest BCUT2D eigenvalue weighted by atomic mass is 10.0. The number of fused-ring (bicyclic) bond motifs is 3. The molecule has 0 atom stereocenters. The van der Waals surface area contributed by atoms with Crippen LogP contribution in [0.1, 0.15) is 0 Å². The highest BCUT2D eigenvalue weighted by atomic mass is 32.3. The van der Waals surface area contributed by atoms with Crippen molar-refractivity contribution in [1.29, 1.82) is 0 Å². The second-order valence-electron chi connectivity index (χ2n) is 15.2. The van der Waals surface area contributed by atoms with Crippen LogP contribution in [0.25, 0.3) is 72.8 Å². The normalized spacial score (nSPS) is 11.8. The Balaban J connectivity index is 0.986. The summed E-state index contributed by atoms with van der Waals surface area (Å²) in [5.74, 6) is 1.88. The van der Waals surface area contributed by atoms with Gasteiger partial charge < -0.3 is 4.57 Å². The molecule has 0 spiro atoms. The van der Waals surface area contributed by atoms with E-state index in [9.17, 15) is 0 Å². The smallest absolute Gasteiger partial charge is 0.164 e. The Kier molecular flexibility index (Phi) is 9.57. The Hall–Kier alpha value is -7.86. The molecular weight excluding hydrogens is 773 g/mol. The van der Waals surface area contributed by atoms with Crippen LogP contribution in [-0.2, 0) is 0 Å². The maximum absolute atomic E-state index is 5.15. The summed E-state index contributed by atoms with van der Waals surface area (Å²) in [7, 11) is -1.79. The highest BCUT2D eigenvalue weighted by Gasteiger charge is 2.33. The van der Waals surface area contributed by atoms with Gasteiger partial charge in [0.1, 0.15) is 0 Å². The zero-order valence-corrected chi connectivity index (χ0v) is 34.6. The van der Waals surface area contributed by atoms with E-state index in [0.717, 1.165) is 33.5 Å². The van der Waals surface area contributed by atoms with Gasteiger partial charge in [0.05, 0.1) is 11.0 Å². The second-order valence-corrected chi connectivity index (χ2v) is 18.4. The fourth-order valence-corrected chi connectivity index (χ4v) is 12.6. The molecular formula is C57H40N4S. The van der Waals surface area contributed by atoms with Gasteiger partial charge in [0.2, 0.25) is 0 Å². The van der Waals surface area contributed by atoms with Crippen molar-refractivity contribution in [1.82, 2.24) is 19.5 Å². The topological polar surface area (TPSA) is 43.6 Å². The van der Waals surface area contributed by atoms with Crippen molar-refractivity contribution < 1.29 is 0 Å². The Morgan fingerprint density at radius 3 is 1.16 bits per heavy atom. The van der Waals surface area contributed by atoms with Crippen LogP contribution in [0.3, 0.4) is 0 Å². The third kappa shape index (κ3) is 6.56. The zero-order valence-electron chi connectivity index (χ0n) is 33.8. The lowest BCUT2D eigenvalue weighted by Crippen LogP contribution is -2.05. The third-order valence-corrected chi connectivity index (χ3v) is 15.5. The van der Waals surface area contributed by atoms with Crippen molar-refractivity contribution in [3.63, 3.8) is 0 Å². The molecule has 2 heterocycles. The van der Waals surface area contributed by atoms with Gasteiger partial charge in [-0.2, -0.15) is 0 Å². The van der Waals surface area contributed by atoms with Gasteiger partial charge >= 0.3 is 0 Å². The number of benzene rings is 9. The monoisotopic (exact) mass is 812 g/mol. The molecule has 0 saturated carbocycles. The van der Waals surface area contributed by atoms with Crippen molar-refractivity contribution in [2.24, 2.45) is 0 Å². The van der Waals surface area contributed by atoms with E-state index in [0.29, 0.717) is 17.5 Å². The molecule has 2 aromatic heterocycles. The molecule has 0 unspecified atom stereocenters. The first kappa shape index (κ1) is 37.2. The third-order valence-electron chi connectivity index (χ3n) is 11.6. The molecule has 0 saturated heterocycles. The highest BCUT2D eigenvalue weighted by Crippen LogP contribution is 2.73. The summed E-state index contributed by atoms with van der Waals surface area (Å²) in [6.07, 6.45) is 0. The summed E-state index contributed by atoms with van der Waals surface area (Å²) in [5.41, 5.74) is 8.42. The molecule has 0 aliphatic heterocycles. The molecule has 0 aliphatic rings. The molecule has 0 bridgehead atoms. The van der Waals surface area contributed by atoms with E-state index in [1.165, 1.54) is 41.4 Å². The van der Waals surface area contributed by atoms with Crippen LogP contribution >= 0.6 is 10.0 Å². The van der Waals surface area contributed by atoms with Crippen LogP contribution in [0.4, 0.5) is 0 Å². The highest BCUT2D eigenvalue weighted by molar-refractivity contribution is 8.34. The minimum Gasteiger partial charge on any atom is -0.309 e. The molecule has 4 nitrogen and oxygen atoms in total. The van der Waals surface area contributed by atoms with E-state index in [1.807, 2.05) is 18.2 Å². The summed E-state index contributed by atoms with van der Waals surface area (Å²) in [5, 5.41) is 2.47. The molecule has 0 amide bonds. The maximum atomic E-state index is 5.15. The molecule has 294 valence electrons. The van der Waals surface area contributed by atoms with Crippen molar-refractivity contribution in [3.05, 3.63) is 243 Å². The average Bonchev–Trinajstić information content (AvgIpc) is 3.70. The van der Waals surface area contributed by atoms with Gasteiger partial charge in [-0.05, 0) is 102 Å². The first-order valence-electron chi connectivity index (χ1n) is 20.8. The van der Waals surface area contributed by atoms with E-state index in [-0.39, 0.29) is 0 Å². The van der Waals surface area contributed by atoms with Crippen molar-refractivity contribution in [2.45, 2.75) is 19.6 Å². The molecule has 5 heteroatoms. The number of nitrogens with zero attached hydrogens (tertiary/aromatic N) is 4. The van der Waals surface area contributed by atoms with E-state index in [1.54, 1.807) is 0 Å². The van der Waals surface area contributed by atoms with E-state index in [4.69, 9.17) is 15.0 Å².